The van der Waals surface area contributed by atoms with Crippen molar-refractivity contribution >= 4 is 17.4 Å². The van der Waals surface area contributed by atoms with Crippen LogP contribution in [0.4, 0.5) is 11.5 Å². The van der Waals surface area contributed by atoms with Crippen LogP contribution in [-0.2, 0) is 11.3 Å². The number of carbonyl (C=O) groups is 1. The highest BCUT2D eigenvalue weighted by molar-refractivity contribution is 5.91. The standard InChI is InChI=1S/C17H21N5O4/c1-13-10-16(19-26-13)18-17(23)12-21-8-6-20(7-9-21)11-14-4-2-3-5-15(14)22(24)25/h2-5,10H,6-9,11-12H2,1H3,(H,18,19,23). The van der Waals surface area contributed by atoms with Crippen LogP contribution < -0.4 is 5.32 Å². The fourth-order valence-corrected chi connectivity index (χ4v) is 2.98. The first-order valence-electron chi connectivity index (χ1n) is 8.41. The van der Waals surface area contributed by atoms with Gasteiger partial charge in [-0.05, 0) is 6.92 Å². The van der Waals surface area contributed by atoms with Gasteiger partial charge in [0.25, 0.3) is 5.69 Å². The maximum absolute atomic E-state index is 12.1. The molecule has 2 aromatic rings. The molecular weight excluding hydrogens is 338 g/mol. The molecule has 3 rings (SSSR count). The van der Waals surface area contributed by atoms with Crippen LogP contribution in [0, 0.1) is 17.0 Å². The van der Waals surface area contributed by atoms with Crippen molar-refractivity contribution in [2.24, 2.45) is 0 Å². The van der Waals surface area contributed by atoms with E-state index in [0.717, 1.165) is 26.2 Å². The fourth-order valence-electron chi connectivity index (χ4n) is 2.98. The molecule has 1 fully saturated rings. The average molecular weight is 359 g/mol. The van der Waals surface area contributed by atoms with Gasteiger partial charge in [-0.2, -0.15) is 0 Å². The molecule has 0 atom stereocenters. The van der Waals surface area contributed by atoms with Crippen molar-refractivity contribution in [2.45, 2.75) is 13.5 Å². The number of hydrogen-bond acceptors (Lipinski definition) is 7. The molecule has 1 N–H and O–H groups in total. The summed E-state index contributed by atoms with van der Waals surface area (Å²) in [7, 11) is 0. The summed E-state index contributed by atoms with van der Waals surface area (Å²) in [4.78, 5) is 27.0. The van der Waals surface area contributed by atoms with Crippen LogP contribution in [0.15, 0.2) is 34.9 Å². The van der Waals surface area contributed by atoms with Crippen molar-refractivity contribution in [1.29, 1.82) is 0 Å². The van der Waals surface area contributed by atoms with Crippen molar-refractivity contribution < 1.29 is 14.2 Å². The van der Waals surface area contributed by atoms with E-state index in [1.165, 1.54) is 6.07 Å². The number of anilines is 1. The van der Waals surface area contributed by atoms with Crippen LogP contribution >= 0.6 is 0 Å². The predicted molar refractivity (Wildman–Crippen MR) is 94.7 cm³/mol. The molecule has 9 nitrogen and oxygen atoms in total. The molecular formula is C17H21N5O4. The summed E-state index contributed by atoms with van der Waals surface area (Å²) in [5.41, 5.74) is 0.863. The van der Waals surface area contributed by atoms with Gasteiger partial charge in [0.1, 0.15) is 5.76 Å². The predicted octanol–water partition coefficient (Wildman–Crippen LogP) is 1.65. The van der Waals surface area contributed by atoms with Crippen LogP contribution in [0.1, 0.15) is 11.3 Å². The lowest BCUT2D eigenvalue weighted by molar-refractivity contribution is -0.385. The molecule has 26 heavy (non-hydrogen) atoms. The number of nitro benzene ring substituents is 1. The van der Waals surface area contributed by atoms with Gasteiger partial charge in [0, 0.05) is 50.4 Å². The number of para-hydroxylation sites is 1. The van der Waals surface area contributed by atoms with E-state index in [4.69, 9.17) is 4.52 Å². The lowest BCUT2D eigenvalue weighted by Gasteiger charge is -2.34. The average Bonchev–Trinajstić information content (AvgIpc) is 3.01. The summed E-state index contributed by atoms with van der Waals surface area (Å²) in [6.07, 6.45) is 0. The smallest absolute Gasteiger partial charge is 0.273 e. The van der Waals surface area contributed by atoms with E-state index in [0.29, 0.717) is 23.7 Å². The Bertz CT molecular complexity index is 783. The van der Waals surface area contributed by atoms with Gasteiger partial charge in [0.05, 0.1) is 11.5 Å². The molecule has 1 aliphatic heterocycles. The summed E-state index contributed by atoms with van der Waals surface area (Å²) >= 11 is 0. The van der Waals surface area contributed by atoms with E-state index in [9.17, 15) is 14.9 Å². The van der Waals surface area contributed by atoms with Gasteiger partial charge < -0.3 is 9.84 Å². The van der Waals surface area contributed by atoms with E-state index >= 15 is 0 Å². The Morgan fingerprint density at radius 1 is 1.27 bits per heavy atom. The number of aryl methyl sites for hydroxylation is 1. The summed E-state index contributed by atoms with van der Waals surface area (Å²) in [5, 5.41) is 17.6. The first kappa shape index (κ1) is 18.0. The molecule has 9 heteroatoms. The first-order chi connectivity index (χ1) is 12.5. The van der Waals surface area contributed by atoms with Gasteiger partial charge in [-0.3, -0.25) is 24.7 Å². The van der Waals surface area contributed by atoms with Gasteiger partial charge in [-0.1, -0.05) is 23.4 Å². The number of hydrogen-bond donors (Lipinski definition) is 1. The van der Waals surface area contributed by atoms with E-state index in [2.05, 4.69) is 20.3 Å². The van der Waals surface area contributed by atoms with E-state index in [1.807, 2.05) is 6.07 Å². The minimum atomic E-state index is -0.346. The SMILES string of the molecule is Cc1cc(NC(=O)CN2CCN(Cc3ccccc3[N+](=O)[O-])CC2)no1. The third-order valence-electron chi connectivity index (χ3n) is 4.31. The van der Waals surface area contributed by atoms with Gasteiger partial charge in [-0.25, -0.2) is 0 Å². The van der Waals surface area contributed by atoms with Gasteiger partial charge in [0.15, 0.2) is 5.82 Å². The molecule has 1 aromatic heterocycles. The molecule has 0 radical (unpaired) electrons. The van der Waals surface area contributed by atoms with E-state index in [1.54, 1.807) is 25.1 Å². The summed E-state index contributed by atoms with van der Waals surface area (Å²) in [6.45, 7) is 5.54. The number of amides is 1. The van der Waals surface area contributed by atoms with Gasteiger partial charge >= 0.3 is 0 Å². The monoisotopic (exact) mass is 359 g/mol. The molecule has 0 unspecified atom stereocenters. The van der Waals surface area contributed by atoms with Crippen molar-refractivity contribution in [3.63, 3.8) is 0 Å². The highest BCUT2D eigenvalue weighted by Crippen LogP contribution is 2.20. The number of nitrogens with zero attached hydrogens (tertiary/aromatic N) is 4. The van der Waals surface area contributed by atoms with Gasteiger partial charge in [0.2, 0.25) is 5.91 Å². The molecule has 1 amide bonds. The molecule has 0 aliphatic carbocycles. The molecule has 1 aromatic carbocycles. The maximum atomic E-state index is 12.1. The van der Waals surface area contributed by atoms with Crippen molar-refractivity contribution in [3.05, 3.63) is 51.8 Å². The Morgan fingerprint density at radius 3 is 2.62 bits per heavy atom. The second-order valence-corrected chi connectivity index (χ2v) is 6.31. The van der Waals surface area contributed by atoms with Gasteiger partial charge in [-0.15, -0.1) is 0 Å². The molecule has 1 saturated heterocycles. The van der Waals surface area contributed by atoms with Crippen LogP contribution in [0.3, 0.4) is 0 Å². The number of piperazine rings is 1. The Labute approximate surface area is 150 Å². The second-order valence-electron chi connectivity index (χ2n) is 6.31. The fraction of sp³-hybridized carbons (Fsp3) is 0.412. The first-order valence-corrected chi connectivity index (χ1v) is 8.41. The molecule has 0 saturated carbocycles. The number of nitrogens with one attached hydrogen (secondary N) is 1. The summed E-state index contributed by atoms with van der Waals surface area (Å²) < 4.78 is 4.92. The Balaban J connectivity index is 1.47. The number of carbonyl (C=O) groups excluding carboxylic acids is 1. The largest absolute Gasteiger partial charge is 0.360 e. The summed E-state index contributed by atoms with van der Waals surface area (Å²) in [5.74, 6) is 0.928. The third kappa shape index (κ3) is 4.64. The number of benzene rings is 1. The normalized spacial score (nSPS) is 15.7. The highest BCUT2D eigenvalue weighted by atomic mass is 16.6. The topological polar surface area (TPSA) is 105 Å². The number of aromatic nitrogens is 1. The lowest BCUT2D eigenvalue weighted by atomic mass is 10.1. The number of nitro groups is 1. The van der Waals surface area contributed by atoms with Crippen LogP contribution in [0.5, 0.6) is 0 Å². The third-order valence-corrected chi connectivity index (χ3v) is 4.31. The zero-order valence-electron chi connectivity index (χ0n) is 14.6. The second kappa shape index (κ2) is 8.07. The zero-order chi connectivity index (χ0) is 18.5. The Hall–Kier alpha value is -2.78. The van der Waals surface area contributed by atoms with Crippen LogP contribution in [0.25, 0.3) is 0 Å². The van der Waals surface area contributed by atoms with E-state index in [-0.39, 0.29) is 23.1 Å². The van der Waals surface area contributed by atoms with Crippen molar-refractivity contribution in [1.82, 2.24) is 15.0 Å². The molecule has 2 heterocycles. The van der Waals surface area contributed by atoms with E-state index < -0.39 is 0 Å². The highest BCUT2D eigenvalue weighted by Gasteiger charge is 2.22. The quantitative estimate of drug-likeness (QED) is 0.617. The zero-order valence-corrected chi connectivity index (χ0v) is 14.6. The Kier molecular flexibility index (Phi) is 5.59. The number of rotatable bonds is 6. The summed E-state index contributed by atoms with van der Waals surface area (Å²) in [6, 6.07) is 8.48. The van der Waals surface area contributed by atoms with Crippen LogP contribution in [-0.4, -0.2) is 58.5 Å². The minimum absolute atomic E-state index is 0.134. The minimum Gasteiger partial charge on any atom is -0.360 e. The van der Waals surface area contributed by atoms with Crippen LogP contribution in [0.2, 0.25) is 0 Å². The van der Waals surface area contributed by atoms with Crippen molar-refractivity contribution in [2.75, 3.05) is 38.0 Å². The lowest BCUT2D eigenvalue weighted by Crippen LogP contribution is -2.48. The Morgan fingerprint density at radius 2 is 1.96 bits per heavy atom. The molecule has 0 spiro atoms. The molecule has 0 bridgehead atoms. The molecule has 1 aliphatic rings. The molecule has 138 valence electrons. The van der Waals surface area contributed by atoms with Crippen molar-refractivity contribution in [3.8, 4) is 0 Å². The maximum Gasteiger partial charge on any atom is 0.273 e.